The number of halogens is 1. The summed E-state index contributed by atoms with van der Waals surface area (Å²) in [6.45, 7) is 0.371. The van der Waals surface area contributed by atoms with Gasteiger partial charge in [0, 0.05) is 16.9 Å². The van der Waals surface area contributed by atoms with Gasteiger partial charge >= 0.3 is 0 Å². The lowest BCUT2D eigenvalue weighted by atomic mass is 10.2. The van der Waals surface area contributed by atoms with Crippen molar-refractivity contribution < 1.29 is 12.8 Å². The van der Waals surface area contributed by atoms with E-state index >= 15 is 0 Å². The summed E-state index contributed by atoms with van der Waals surface area (Å²) >= 11 is 6.36. The summed E-state index contributed by atoms with van der Waals surface area (Å²) in [6.07, 6.45) is 3.96. The number of rotatable bonds is 6. The molecule has 8 heteroatoms. The Bertz CT molecular complexity index is 642. The molecule has 0 unspecified atom stereocenters. The third kappa shape index (κ3) is 3.30. The minimum absolute atomic E-state index is 0.0130. The van der Waals surface area contributed by atoms with Gasteiger partial charge in [-0.05, 0) is 37.3 Å². The van der Waals surface area contributed by atoms with E-state index in [1.807, 2.05) is 6.26 Å². The Balaban J connectivity index is 2.21. The predicted octanol–water partition coefficient (Wildman–Crippen LogP) is 1.63. The van der Waals surface area contributed by atoms with Crippen molar-refractivity contribution in [3.8, 4) is 0 Å². The van der Waals surface area contributed by atoms with E-state index in [1.54, 1.807) is 11.8 Å². The second-order valence-electron chi connectivity index (χ2n) is 4.72. The molecule has 1 aliphatic carbocycles. The molecule has 1 aromatic carbocycles. The van der Waals surface area contributed by atoms with Gasteiger partial charge < -0.3 is 5.73 Å². The molecule has 1 fully saturated rings. The molecule has 1 saturated carbocycles. The molecule has 1 aliphatic rings. The lowest BCUT2D eigenvalue weighted by Crippen LogP contribution is -2.32. The Labute approximate surface area is 127 Å². The maximum Gasteiger partial charge on any atom is 0.240 e. The fraction of sp³-hybridized carbons (Fsp3) is 0.417. The smallest absolute Gasteiger partial charge is 0.240 e. The molecule has 0 aromatic heterocycles. The van der Waals surface area contributed by atoms with Crippen LogP contribution in [0.1, 0.15) is 18.4 Å². The van der Waals surface area contributed by atoms with Gasteiger partial charge in [0.05, 0.1) is 4.90 Å². The third-order valence-electron chi connectivity index (χ3n) is 3.34. The van der Waals surface area contributed by atoms with E-state index in [1.165, 1.54) is 12.1 Å². The van der Waals surface area contributed by atoms with Crippen molar-refractivity contribution in [2.45, 2.75) is 22.5 Å². The lowest BCUT2D eigenvalue weighted by Gasteiger charge is -2.14. The van der Waals surface area contributed by atoms with Gasteiger partial charge in [-0.25, -0.2) is 17.5 Å². The first-order chi connectivity index (χ1) is 9.30. The fourth-order valence-corrected chi connectivity index (χ4v) is 3.89. The predicted molar refractivity (Wildman–Crippen MR) is 83.0 cm³/mol. The molecule has 0 atom stereocenters. The SMILES string of the molecule is CSC1(CNS(=O)(=O)c2ccc(F)c(C(N)=S)c2)CC1. The number of benzene rings is 1. The molecule has 0 heterocycles. The van der Waals surface area contributed by atoms with Gasteiger partial charge in [-0.15, -0.1) is 0 Å². The number of nitrogens with one attached hydrogen (secondary N) is 1. The molecule has 3 N–H and O–H groups in total. The van der Waals surface area contributed by atoms with E-state index in [-0.39, 0.29) is 20.2 Å². The maximum absolute atomic E-state index is 13.5. The number of hydrogen-bond acceptors (Lipinski definition) is 4. The number of thiocarbonyl (C=S) groups is 1. The number of nitrogens with two attached hydrogens (primary N) is 1. The Kier molecular flexibility index (Phi) is 4.38. The van der Waals surface area contributed by atoms with Crippen LogP contribution in [0.4, 0.5) is 4.39 Å². The van der Waals surface area contributed by atoms with Gasteiger partial charge in [-0.1, -0.05) is 12.2 Å². The summed E-state index contributed by atoms with van der Waals surface area (Å²) in [4.78, 5) is -0.194. The van der Waals surface area contributed by atoms with E-state index in [9.17, 15) is 12.8 Å². The summed E-state index contributed by atoms with van der Waals surface area (Å²) in [7, 11) is -3.68. The first-order valence-electron chi connectivity index (χ1n) is 5.94. The van der Waals surface area contributed by atoms with E-state index in [4.69, 9.17) is 18.0 Å². The van der Waals surface area contributed by atoms with E-state index < -0.39 is 15.8 Å². The highest BCUT2D eigenvalue weighted by Crippen LogP contribution is 2.46. The zero-order valence-corrected chi connectivity index (χ0v) is 13.3. The molecule has 0 radical (unpaired) electrons. The molecule has 4 nitrogen and oxygen atoms in total. The highest BCUT2D eigenvalue weighted by molar-refractivity contribution is 8.00. The van der Waals surface area contributed by atoms with Crippen molar-refractivity contribution in [1.82, 2.24) is 4.72 Å². The van der Waals surface area contributed by atoms with Crippen molar-refractivity contribution >= 4 is 39.0 Å². The van der Waals surface area contributed by atoms with Crippen LogP contribution in [-0.4, -0.2) is 31.0 Å². The molecule has 0 bridgehead atoms. The minimum atomic E-state index is -3.68. The normalized spacial score (nSPS) is 16.9. The first kappa shape index (κ1) is 15.7. The Morgan fingerprint density at radius 3 is 2.70 bits per heavy atom. The summed E-state index contributed by atoms with van der Waals surface area (Å²) in [5.41, 5.74) is 5.31. The van der Waals surface area contributed by atoms with Crippen molar-refractivity contribution in [3.05, 3.63) is 29.6 Å². The maximum atomic E-state index is 13.5. The second kappa shape index (κ2) is 5.59. The van der Waals surface area contributed by atoms with Gasteiger partial charge in [0.1, 0.15) is 10.8 Å². The molecule has 2 rings (SSSR count). The molecule has 0 spiro atoms. The van der Waals surface area contributed by atoms with Gasteiger partial charge in [-0.3, -0.25) is 0 Å². The van der Waals surface area contributed by atoms with Crippen molar-refractivity contribution in [3.63, 3.8) is 0 Å². The van der Waals surface area contributed by atoms with Crippen LogP contribution < -0.4 is 10.5 Å². The largest absolute Gasteiger partial charge is 0.389 e. The van der Waals surface area contributed by atoms with E-state index in [0.717, 1.165) is 18.9 Å². The Hall–Kier alpha value is -0.700. The van der Waals surface area contributed by atoms with E-state index in [2.05, 4.69) is 4.72 Å². The third-order valence-corrected chi connectivity index (χ3v) is 6.38. The zero-order chi connectivity index (χ0) is 15.0. The minimum Gasteiger partial charge on any atom is -0.389 e. The average molecular weight is 334 g/mol. The van der Waals surface area contributed by atoms with Gasteiger partial charge in [0.2, 0.25) is 10.0 Å². The molecular formula is C12H15FN2O2S3. The highest BCUT2D eigenvalue weighted by Gasteiger charge is 2.42. The van der Waals surface area contributed by atoms with Crippen molar-refractivity contribution in [2.24, 2.45) is 5.73 Å². The summed E-state index contributed by atoms with van der Waals surface area (Å²) in [5, 5.41) is 0. The zero-order valence-electron chi connectivity index (χ0n) is 10.8. The van der Waals surface area contributed by atoms with Gasteiger partial charge in [0.15, 0.2) is 0 Å². The van der Waals surface area contributed by atoms with Crippen LogP contribution in [0.5, 0.6) is 0 Å². The van der Waals surface area contributed by atoms with Crippen molar-refractivity contribution in [2.75, 3.05) is 12.8 Å². The van der Waals surface area contributed by atoms with Crippen LogP contribution >= 0.6 is 24.0 Å². The monoisotopic (exact) mass is 334 g/mol. The molecular weight excluding hydrogens is 319 g/mol. The molecule has 20 heavy (non-hydrogen) atoms. The highest BCUT2D eigenvalue weighted by atomic mass is 32.2. The molecule has 1 aromatic rings. The van der Waals surface area contributed by atoms with Crippen molar-refractivity contribution in [1.29, 1.82) is 0 Å². The van der Waals surface area contributed by atoms with Crippen LogP contribution in [0.2, 0.25) is 0 Å². The summed E-state index contributed by atoms with van der Waals surface area (Å²) in [6, 6.07) is 3.43. The van der Waals surface area contributed by atoms with Crippen LogP contribution in [0.15, 0.2) is 23.1 Å². The summed E-state index contributed by atoms with van der Waals surface area (Å²) in [5.74, 6) is -0.626. The first-order valence-corrected chi connectivity index (χ1v) is 9.05. The Morgan fingerprint density at radius 1 is 1.55 bits per heavy atom. The van der Waals surface area contributed by atoms with Crippen LogP contribution in [0, 0.1) is 5.82 Å². The quantitative estimate of drug-likeness (QED) is 0.774. The molecule has 0 aliphatic heterocycles. The average Bonchev–Trinajstić information content (AvgIpc) is 3.17. The lowest BCUT2D eigenvalue weighted by molar-refractivity contribution is 0.578. The second-order valence-corrected chi connectivity index (χ2v) is 8.20. The van der Waals surface area contributed by atoms with Gasteiger partial charge in [0.25, 0.3) is 0 Å². The van der Waals surface area contributed by atoms with Crippen LogP contribution in [0.25, 0.3) is 0 Å². The molecule has 0 amide bonds. The molecule has 110 valence electrons. The fourth-order valence-electron chi connectivity index (χ4n) is 1.76. The van der Waals surface area contributed by atoms with Gasteiger partial charge in [-0.2, -0.15) is 11.8 Å². The number of sulfonamides is 1. The van der Waals surface area contributed by atoms with Crippen LogP contribution in [-0.2, 0) is 10.0 Å². The topological polar surface area (TPSA) is 72.2 Å². The molecule has 0 saturated heterocycles. The number of hydrogen-bond donors (Lipinski definition) is 2. The number of thioether (sulfide) groups is 1. The Morgan fingerprint density at radius 2 is 2.20 bits per heavy atom. The standard InChI is InChI=1S/C12H15FN2O2S3/c1-19-12(4-5-12)7-15-20(16,17)8-2-3-10(13)9(6-8)11(14)18/h2-3,6,15H,4-5,7H2,1H3,(H2,14,18). The summed E-state index contributed by atoms with van der Waals surface area (Å²) < 4.78 is 40.4. The van der Waals surface area contributed by atoms with E-state index in [0.29, 0.717) is 6.54 Å². The van der Waals surface area contributed by atoms with Crippen LogP contribution in [0.3, 0.4) is 0 Å².